The Morgan fingerprint density at radius 1 is 1.13 bits per heavy atom. The van der Waals surface area contributed by atoms with Gasteiger partial charge in [-0.15, -0.1) is 0 Å². The van der Waals surface area contributed by atoms with Gasteiger partial charge in [-0.05, 0) is 45.9 Å². The van der Waals surface area contributed by atoms with Crippen molar-refractivity contribution in [3.8, 4) is 5.69 Å². The summed E-state index contributed by atoms with van der Waals surface area (Å²) in [6.07, 6.45) is 0. The number of rotatable bonds is 5. The molecule has 0 bridgehead atoms. The van der Waals surface area contributed by atoms with Gasteiger partial charge in [0.25, 0.3) is 5.91 Å². The summed E-state index contributed by atoms with van der Waals surface area (Å²) in [5.41, 5.74) is 3.35. The number of aliphatic carboxylic acids is 1. The van der Waals surface area contributed by atoms with E-state index >= 15 is 0 Å². The molecule has 0 saturated carbocycles. The van der Waals surface area contributed by atoms with E-state index in [1.165, 1.54) is 0 Å². The fourth-order valence-electron chi connectivity index (χ4n) is 2.59. The van der Waals surface area contributed by atoms with E-state index in [9.17, 15) is 9.59 Å². The molecule has 2 unspecified atom stereocenters. The molecule has 5 heteroatoms. The van der Waals surface area contributed by atoms with Crippen molar-refractivity contribution in [2.24, 2.45) is 5.92 Å². The number of carbonyl (C=O) groups excluding carboxylic acids is 1. The Balaban J connectivity index is 2.28. The maximum absolute atomic E-state index is 12.5. The minimum atomic E-state index is -0.924. The van der Waals surface area contributed by atoms with E-state index in [4.69, 9.17) is 5.11 Å². The average Bonchev–Trinajstić information content (AvgIpc) is 2.82. The van der Waals surface area contributed by atoms with Crippen molar-refractivity contribution in [1.29, 1.82) is 0 Å². The van der Waals surface area contributed by atoms with Crippen molar-refractivity contribution in [3.05, 3.63) is 53.3 Å². The number of aromatic nitrogens is 1. The zero-order valence-electron chi connectivity index (χ0n) is 13.8. The molecule has 122 valence electrons. The number of hydrogen-bond donors (Lipinski definition) is 2. The quantitative estimate of drug-likeness (QED) is 0.891. The summed E-state index contributed by atoms with van der Waals surface area (Å²) >= 11 is 0. The smallest absolute Gasteiger partial charge is 0.308 e. The fourth-order valence-corrected chi connectivity index (χ4v) is 2.59. The summed E-state index contributed by atoms with van der Waals surface area (Å²) in [5.74, 6) is -1.81. The summed E-state index contributed by atoms with van der Waals surface area (Å²) in [4.78, 5) is 23.5. The van der Waals surface area contributed by atoms with Gasteiger partial charge in [-0.1, -0.05) is 18.2 Å². The van der Waals surface area contributed by atoms with Crippen LogP contribution in [-0.4, -0.2) is 27.6 Å². The van der Waals surface area contributed by atoms with Gasteiger partial charge in [-0.25, -0.2) is 0 Å². The second-order valence-electron chi connectivity index (χ2n) is 5.84. The molecule has 5 nitrogen and oxygen atoms in total. The van der Waals surface area contributed by atoms with E-state index in [2.05, 4.69) is 5.32 Å². The molecule has 2 aromatic rings. The van der Waals surface area contributed by atoms with E-state index in [0.717, 1.165) is 17.1 Å². The molecule has 0 fully saturated rings. The van der Waals surface area contributed by atoms with Crippen LogP contribution in [0.4, 0.5) is 0 Å². The normalized spacial score (nSPS) is 13.4. The molecule has 1 aromatic carbocycles. The minimum absolute atomic E-state index is 0.249. The Labute approximate surface area is 135 Å². The first kappa shape index (κ1) is 16.8. The first-order valence-electron chi connectivity index (χ1n) is 7.61. The second-order valence-corrected chi connectivity index (χ2v) is 5.84. The third-order valence-corrected chi connectivity index (χ3v) is 4.19. The zero-order chi connectivity index (χ0) is 17.1. The molecule has 0 radical (unpaired) electrons. The van der Waals surface area contributed by atoms with Crippen molar-refractivity contribution in [2.75, 3.05) is 0 Å². The van der Waals surface area contributed by atoms with E-state index < -0.39 is 17.9 Å². The van der Waals surface area contributed by atoms with Gasteiger partial charge in [0, 0.05) is 23.1 Å². The fraction of sp³-hybridized carbons (Fsp3) is 0.333. The van der Waals surface area contributed by atoms with Gasteiger partial charge in [0.15, 0.2) is 0 Å². The van der Waals surface area contributed by atoms with Crippen LogP contribution in [0.3, 0.4) is 0 Å². The highest BCUT2D eigenvalue weighted by atomic mass is 16.4. The molecule has 1 amide bonds. The predicted octanol–water partition coefficient (Wildman–Crippen LogP) is 2.93. The van der Waals surface area contributed by atoms with Crippen LogP contribution < -0.4 is 5.32 Å². The van der Waals surface area contributed by atoms with E-state index in [0.29, 0.717) is 5.56 Å². The summed E-state index contributed by atoms with van der Waals surface area (Å²) in [5, 5.41) is 11.8. The van der Waals surface area contributed by atoms with Crippen LogP contribution in [0.2, 0.25) is 0 Å². The first-order valence-corrected chi connectivity index (χ1v) is 7.61. The van der Waals surface area contributed by atoms with Crippen LogP contribution in [0.1, 0.15) is 35.6 Å². The molecule has 2 rings (SSSR count). The molecule has 0 aliphatic rings. The molecule has 0 spiro atoms. The van der Waals surface area contributed by atoms with E-state index in [1.807, 2.05) is 54.8 Å². The number of amides is 1. The van der Waals surface area contributed by atoms with Gasteiger partial charge < -0.3 is 15.0 Å². The number of para-hydroxylation sites is 1. The van der Waals surface area contributed by atoms with Crippen molar-refractivity contribution >= 4 is 11.9 Å². The minimum Gasteiger partial charge on any atom is -0.481 e. The number of carboxylic acid groups (broad SMARTS) is 1. The number of benzene rings is 1. The number of aryl methyl sites for hydroxylation is 1. The largest absolute Gasteiger partial charge is 0.481 e. The lowest BCUT2D eigenvalue weighted by Crippen LogP contribution is -2.40. The third kappa shape index (κ3) is 3.44. The lowest BCUT2D eigenvalue weighted by Gasteiger charge is -2.17. The molecule has 1 heterocycles. The van der Waals surface area contributed by atoms with Crippen LogP contribution in [0.25, 0.3) is 5.69 Å². The second kappa shape index (κ2) is 6.69. The van der Waals surface area contributed by atoms with Crippen molar-refractivity contribution in [3.63, 3.8) is 0 Å². The van der Waals surface area contributed by atoms with Crippen LogP contribution in [0, 0.1) is 19.8 Å². The highest BCUT2D eigenvalue weighted by molar-refractivity contribution is 5.96. The standard InChI is InChI=1S/C18H22N2O3/c1-11-10-16(17(21)19-13(3)12(2)18(22)23)14(4)20(11)15-8-6-5-7-9-15/h5-10,12-13H,1-4H3,(H,19,21)(H,22,23). The zero-order valence-corrected chi connectivity index (χ0v) is 13.8. The molecule has 2 N–H and O–H groups in total. The number of hydrogen-bond acceptors (Lipinski definition) is 2. The molecule has 0 aliphatic heterocycles. The molecule has 0 aliphatic carbocycles. The number of carboxylic acids is 1. The van der Waals surface area contributed by atoms with Crippen molar-refractivity contribution in [2.45, 2.75) is 33.7 Å². The topological polar surface area (TPSA) is 71.3 Å². The predicted molar refractivity (Wildman–Crippen MR) is 89.0 cm³/mol. The third-order valence-electron chi connectivity index (χ3n) is 4.19. The van der Waals surface area contributed by atoms with Gasteiger partial charge in [0.1, 0.15) is 0 Å². The number of nitrogens with one attached hydrogen (secondary N) is 1. The lowest BCUT2D eigenvalue weighted by molar-refractivity contribution is -0.141. The Morgan fingerprint density at radius 2 is 1.74 bits per heavy atom. The Hall–Kier alpha value is -2.56. The van der Waals surface area contributed by atoms with Gasteiger partial charge >= 0.3 is 5.97 Å². The van der Waals surface area contributed by atoms with Gasteiger partial charge in [0.05, 0.1) is 11.5 Å². The van der Waals surface area contributed by atoms with Crippen LogP contribution in [0.15, 0.2) is 36.4 Å². The monoisotopic (exact) mass is 314 g/mol. The Kier molecular flexibility index (Phi) is 4.89. The van der Waals surface area contributed by atoms with Gasteiger partial charge in [-0.3, -0.25) is 9.59 Å². The lowest BCUT2D eigenvalue weighted by atomic mass is 10.0. The van der Waals surface area contributed by atoms with Crippen LogP contribution >= 0.6 is 0 Å². The average molecular weight is 314 g/mol. The summed E-state index contributed by atoms with van der Waals surface area (Å²) in [6.45, 7) is 7.12. The molecule has 2 atom stereocenters. The van der Waals surface area contributed by atoms with Crippen LogP contribution in [0.5, 0.6) is 0 Å². The Bertz CT molecular complexity index is 719. The van der Waals surface area contributed by atoms with Crippen molar-refractivity contribution < 1.29 is 14.7 Å². The maximum Gasteiger partial charge on any atom is 0.308 e. The van der Waals surface area contributed by atoms with Gasteiger partial charge in [0.2, 0.25) is 0 Å². The van der Waals surface area contributed by atoms with Crippen molar-refractivity contribution in [1.82, 2.24) is 9.88 Å². The highest BCUT2D eigenvalue weighted by Crippen LogP contribution is 2.21. The van der Waals surface area contributed by atoms with Gasteiger partial charge in [-0.2, -0.15) is 0 Å². The van der Waals surface area contributed by atoms with E-state index in [1.54, 1.807) is 13.8 Å². The molecular formula is C18H22N2O3. The summed E-state index contributed by atoms with van der Waals surface area (Å²) in [6, 6.07) is 11.2. The highest BCUT2D eigenvalue weighted by Gasteiger charge is 2.23. The number of nitrogens with zero attached hydrogens (tertiary/aromatic N) is 1. The summed E-state index contributed by atoms with van der Waals surface area (Å²) < 4.78 is 2.01. The molecule has 23 heavy (non-hydrogen) atoms. The van der Waals surface area contributed by atoms with Crippen LogP contribution in [-0.2, 0) is 4.79 Å². The SMILES string of the molecule is Cc1cc(C(=O)NC(C)C(C)C(=O)O)c(C)n1-c1ccccc1. The first-order chi connectivity index (χ1) is 10.8. The maximum atomic E-state index is 12.5. The molecule has 0 saturated heterocycles. The van der Waals surface area contributed by atoms with E-state index in [-0.39, 0.29) is 5.91 Å². The Morgan fingerprint density at radius 3 is 2.30 bits per heavy atom. The molecular weight excluding hydrogens is 292 g/mol. The summed E-state index contributed by atoms with van der Waals surface area (Å²) in [7, 11) is 0. The molecule has 1 aromatic heterocycles. The number of carbonyl (C=O) groups is 2.